The fourth-order valence-electron chi connectivity index (χ4n) is 4.20. The minimum atomic E-state index is 0.0396. The molecule has 2 aliphatic rings. The van der Waals surface area contributed by atoms with E-state index in [9.17, 15) is 9.59 Å². The fraction of sp³-hybridized carbons (Fsp3) is 0.750. The summed E-state index contributed by atoms with van der Waals surface area (Å²) in [5, 5.41) is 4.27. The fourth-order valence-corrected chi connectivity index (χ4v) is 4.20. The van der Waals surface area contributed by atoms with Gasteiger partial charge in [0.1, 0.15) is 6.61 Å². The van der Waals surface area contributed by atoms with Crippen LogP contribution in [0, 0.1) is 5.92 Å². The molecule has 0 aliphatic carbocycles. The molecule has 1 unspecified atom stereocenters. The van der Waals surface area contributed by atoms with Crippen molar-refractivity contribution in [3.8, 4) is 0 Å². The normalized spacial score (nSPS) is 21.4. The summed E-state index contributed by atoms with van der Waals surface area (Å²) >= 11 is 0. The molecule has 0 spiro atoms. The molecule has 1 aromatic heterocycles. The van der Waals surface area contributed by atoms with Crippen molar-refractivity contribution in [1.29, 1.82) is 0 Å². The molecule has 0 radical (unpaired) electrons. The Kier molecular flexibility index (Phi) is 7.26. The highest BCUT2D eigenvalue weighted by Crippen LogP contribution is 2.26. The summed E-state index contributed by atoms with van der Waals surface area (Å²) in [5.41, 5.74) is 0. The van der Waals surface area contributed by atoms with Gasteiger partial charge in [-0.1, -0.05) is 0 Å². The molecule has 2 amide bonds. The Labute approximate surface area is 161 Å². The maximum Gasteiger partial charge on any atom is 0.248 e. The van der Waals surface area contributed by atoms with E-state index in [1.165, 1.54) is 6.42 Å². The number of amides is 2. The summed E-state index contributed by atoms with van der Waals surface area (Å²) in [4.78, 5) is 29.2. The van der Waals surface area contributed by atoms with Crippen LogP contribution in [0.3, 0.4) is 0 Å². The number of nitrogens with zero attached hydrogens (tertiary/aromatic N) is 4. The predicted molar refractivity (Wildman–Crippen MR) is 102 cm³/mol. The van der Waals surface area contributed by atoms with Crippen LogP contribution in [-0.2, 0) is 20.9 Å². The van der Waals surface area contributed by atoms with Gasteiger partial charge in [-0.15, -0.1) is 0 Å². The molecular formula is C20H32N4O3. The standard InChI is InChI=1S/C20H32N4O3/c1-2-27-16-19(25)22-13-7-17(8-14-22)20(26)24-12-4-3-6-18(24)9-15-23-11-5-10-21-23/h5,10-11,17-18H,2-4,6-9,12-16H2,1H3. The van der Waals surface area contributed by atoms with Gasteiger partial charge in [0.2, 0.25) is 11.8 Å². The van der Waals surface area contributed by atoms with E-state index in [0.717, 1.165) is 45.2 Å². The Morgan fingerprint density at radius 1 is 1.15 bits per heavy atom. The first-order valence-electron chi connectivity index (χ1n) is 10.3. The summed E-state index contributed by atoms with van der Waals surface area (Å²) in [5.74, 6) is 0.376. The highest BCUT2D eigenvalue weighted by molar-refractivity contribution is 5.81. The molecule has 0 bridgehead atoms. The van der Waals surface area contributed by atoms with E-state index in [4.69, 9.17) is 4.74 Å². The zero-order valence-corrected chi connectivity index (χ0v) is 16.4. The largest absolute Gasteiger partial charge is 0.372 e. The van der Waals surface area contributed by atoms with Crippen molar-refractivity contribution < 1.29 is 14.3 Å². The van der Waals surface area contributed by atoms with Crippen LogP contribution in [-0.4, -0.2) is 70.3 Å². The SMILES string of the molecule is CCOCC(=O)N1CCC(C(=O)N2CCCCC2CCn2cccn2)CC1. The molecule has 0 saturated carbocycles. The molecule has 0 N–H and O–H groups in total. The van der Waals surface area contributed by atoms with E-state index in [2.05, 4.69) is 10.00 Å². The van der Waals surface area contributed by atoms with Crippen molar-refractivity contribution >= 4 is 11.8 Å². The van der Waals surface area contributed by atoms with Gasteiger partial charge in [-0.25, -0.2) is 0 Å². The van der Waals surface area contributed by atoms with Crippen LogP contribution in [0.15, 0.2) is 18.5 Å². The first kappa shape index (κ1) is 19.9. The second kappa shape index (κ2) is 9.88. The highest BCUT2D eigenvalue weighted by Gasteiger charge is 2.34. The summed E-state index contributed by atoms with van der Waals surface area (Å²) in [6.45, 7) is 5.63. The quantitative estimate of drug-likeness (QED) is 0.729. The number of carbonyl (C=O) groups excluding carboxylic acids is 2. The lowest BCUT2D eigenvalue weighted by atomic mass is 9.91. The van der Waals surface area contributed by atoms with Crippen molar-refractivity contribution in [2.45, 2.75) is 58.0 Å². The molecule has 1 atom stereocenters. The number of likely N-dealkylation sites (tertiary alicyclic amines) is 2. The van der Waals surface area contributed by atoms with Crippen molar-refractivity contribution in [3.05, 3.63) is 18.5 Å². The minimum Gasteiger partial charge on any atom is -0.372 e. The first-order valence-corrected chi connectivity index (χ1v) is 10.3. The minimum absolute atomic E-state index is 0.0396. The average Bonchev–Trinajstić information content (AvgIpc) is 3.24. The number of piperidine rings is 2. The van der Waals surface area contributed by atoms with Gasteiger partial charge in [-0.3, -0.25) is 14.3 Å². The molecule has 2 saturated heterocycles. The Morgan fingerprint density at radius 2 is 1.96 bits per heavy atom. The summed E-state index contributed by atoms with van der Waals surface area (Å²) in [7, 11) is 0. The zero-order chi connectivity index (χ0) is 19.1. The van der Waals surface area contributed by atoms with Crippen LogP contribution in [0.25, 0.3) is 0 Å². The van der Waals surface area contributed by atoms with Crippen molar-refractivity contribution in [3.63, 3.8) is 0 Å². The molecule has 2 fully saturated rings. The molecule has 150 valence electrons. The first-order chi connectivity index (χ1) is 13.2. The maximum absolute atomic E-state index is 13.1. The molecular weight excluding hydrogens is 344 g/mol. The second-order valence-electron chi connectivity index (χ2n) is 7.53. The van der Waals surface area contributed by atoms with Crippen LogP contribution >= 0.6 is 0 Å². The number of aryl methyl sites for hydroxylation is 1. The molecule has 2 aliphatic heterocycles. The number of rotatable bonds is 7. The van der Waals surface area contributed by atoms with Crippen LogP contribution in [0.2, 0.25) is 0 Å². The smallest absolute Gasteiger partial charge is 0.248 e. The Morgan fingerprint density at radius 3 is 2.67 bits per heavy atom. The third-order valence-corrected chi connectivity index (χ3v) is 5.79. The van der Waals surface area contributed by atoms with Crippen LogP contribution in [0.5, 0.6) is 0 Å². The van der Waals surface area contributed by atoms with Gasteiger partial charge in [0, 0.05) is 57.1 Å². The van der Waals surface area contributed by atoms with E-state index >= 15 is 0 Å². The lowest BCUT2D eigenvalue weighted by molar-refractivity contribution is -0.145. The van der Waals surface area contributed by atoms with E-state index in [0.29, 0.717) is 25.7 Å². The van der Waals surface area contributed by atoms with Crippen LogP contribution in [0.4, 0.5) is 0 Å². The molecule has 3 heterocycles. The van der Waals surface area contributed by atoms with Crippen molar-refractivity contribution in [2.24, 2.45) is 5.92 Å². The average molecular weight is 377 g/mol. The van der Waals surface area contributed by atoms with Gasteiger partial charge in [-0.2, -0.15) is 5.10 Å². The van der Waals surface area contributed by atoms with Gasteiger partial charge in [0.25, 0.3) is 0 Å². The van der Waals surface area contributed by atoms with E-state index < -0.39 is 0 Å². The number of ether oxygens (including phenoxy) is 1. The molecule has 7 heteroatoms. The third kappa shape index (κ3) is 5.31. The number of aromatic nitrogens is 2. The second-order valence-corrected chi connectivity index (χ2v) is 7.53. The molecule has 0 aromatic carbocycles. The van der Waals surface area contributed by atoms with Crippen LogP contribution in [0.1, 0.15) is 45.4 Å². The summed E-state index contributed by atoms with van der Waals surface area (Å²) in [6, 6.07) is 2.25. The molecule has 7 nitrogen and oxygen atoms in total. The Balaban J connectivity index is 1.50. The number of hydrogen-bond donors (Lipinski definition) is 0. The monoisotopic (exact) mass is 376 g/mol. The molecule has 27 heavy (non-hydrogen) atoms. The molecule has 3 rings (SSSR count). The van der Waals surface area contributed by atoms with Gasteiger partial charge >= 0.3 is 0 Å². The number of carbonyl (C=O) groups is 2. The zero-order valence-electron chi connectivity index (χ0n) is 16.4. The van der Waals surface area contributed by atoms with Gasteiger partial charge in [0.05, 0.1) is 0 Å². The van der Waals surface area contributed by atoms with Crippen molar-refractivity contribution in [1.82, 2.24) is 19.6 Å². The number of hydrogen-bond acceptors (Lipinski definition) is 4. The summed E-state index contributed by atoms with van der Waals surface area (Å²) in [6.07, 6.45) is 9.62. The highest BCUT2D eigenvalue weighted by atomic mass is 16.5. The van der Waals surface area contributed by atoms with E-state index in [1.54, 1.807) is 6.20 Å². The summed E-state index contributed by atoms with van der Waals surface area (Å²) < 4.78 is 7.16. The van der Waals surface area contributed by atoms with E-state index in [-0.39, 0.29) is 24.3 Å². The van der Waals surface area contributed by atoms with Gasteiger partial charge in [-0.05, 0) is 51.5 Å². The van der Waals surface area contributed by atoms with Gasteiger partial charge < -0.3 is 14.5 Å². The maximum atomic E-state index is 13.1. The van der Waals surface area contributed by atoms with Gasteiger partial charge in [0.15, 0.2) is 0 Å². The van der Waals surface area contributed by atoms with Crippen LogP contribution < -0.4 is 0 Å². The Hall–Kier alpha value is -1.89. The Bertz CT molecular complexity index is 596. The lowest BCUT2D eigenvalue weighted by Crippen LogP contribution is -2.50. The third-order valence-electron chi connectivity index (χ3n) is 5.79. The topological polar surface area (TPSA) is 67.7 Å². The van der Waals surface area contributed by atoms with Crippen molar-refractivity contribution in [2.75, 3.05) is 32.8 Å². The van der Waals surface area contributed by atoms with E-state index in [1.807, 2.05) is 28.8 Å². The predicted octanol–water partition coefficient (Wildman–Crippen LogP) is 1.93. The lowest BCUT2D eigenvalue weighted by Gasteiger charge is -2.40. The molecule has 1 aromatic rings.